The van der Waals surface area contributed by atoms with Crippen LogP contribution in [0, 0.1) is 13.8 Å². The van der Waals surface area contributed by atoms with E-state index in [1.165, 1.54) is 11.3 Å². The van der Waals surface area contributed by atoms with Crippen molar-refractivity contribution in [2.24, 2.45) is 12.0 Å². The van der Waals surface area contributed by atoms with E-state index in [2.05, 4.69) is 44.7 Å². The maximum absolute atomic E-state index is 4.57. The molecule has 0 radical (unpaired) electrons. The summed E-state index contributed by atoms with van der Waals surface area (Å²) in [6.07, 6.45) is 2.86. The first kappa shape index (κ1) is 20.7. The number of aryl methyl sites for hydroxylation is 4. The Labute approximate surface area is 171 Å². The maximum Gasteiger partial charge on any atom is 0.191 e. The highest BCUT2D eigenvalue weighted by Gasteiger charge is 2.22. The van der Waals surface area contributed by atoms with Crippen molar-refractivity contribution in [2.45, 2.75) is 59.2 Å². The molecule has 144 valence electrons. The van der Waals surface area contributed by atoms with E-state index in [0.29, 0.717) is 12.6 Å². The number of guanidine groups is 1. The number of aliphatic imine (C=N–C) groups is 1. The molecule has 2 N–H and O–H groups in total. The first-order valence-electron chi connectivity index (χ1n) is 8.90. The van der Waals surface area contributed by atoms with Crippen LogP contribution in [0.3, 0.4) is 0 Å². The van der Waals surface area contributed by atoms with Crippen LogP contribution in [0.2, 0.25) is 0 Å². The molecular weight excluding hydrogens is 443 g/mol. The van der Waals surface area contributed by atoms with Gasteiger partial charge in [-0.25, -0.2) is 9.67 Å². The van der Waals surface area contributed by atoms with Crippen molar-refractivity contribution in [1.29, 1.82) is 0 Å². The number of hydrogen-bond acceptors (Lipinski definition) is 4. The summed E-state index contributed by atoms with van der Waals surface area (Å²) in [5.74, 6) is 2.84. The maximum atomic E-state index is 4.57. The van der Waals surface area contributed by atoms with Crippen molar-refractivity contribution in [3.8, 4) is 0 Å². The zero-order valence-electron chi connectivity index (χ0n) is 16.2. The van der Waals surface area contributed by atoms with Crippen molar-refractivity contribution in [1.82, 2.24) is 35.2 Å². The van der Waals surface area contributed by atoms with Gasteiger partial charge in [0.15, 0.2) is 11.8 Å². The van der Waals surface area contributed by atoms with Crippen LogP contribution in [0.1, 0.15) is 41.9 Å². The summed E-state index contributed by atoms with van der Waals surface area (Å²) in [5.41, 5.74) is 3.46. The third-order valence-electron chi connectivity index (χ3n) is 4.87. The molecule has 2 aromatic heterocycles. The molecule has 9 heteroatoms. The highest BCUT2D eigenvalue weighted by Crippen LogP contribution is 2.14. The Hall–Kier alpha value is -1.65. The Morgan fingerprint density at radius 2 is 2.08 bits per heavy atom. The molecule has 1 atom stereocenters. The van der Waals surface area contributed by atoms with E-state index in [1.54, 1.807) is 7.05 Å². The van der Waals surface area contributed by atoms with Crippen LogP contribution in [-0.2, 0) is 33.0 Å². The average molecular weight is 472 g/mol. The number of nitrogens with zero attached hydrogens (tertiary/aromatic N) is 6. The van der Waals surface area contributed by atoms with Gasteiger partial charge >= 0.3 is 0 Å². The topological polar surface area (TPSA) is 84.9 Å². The van der Waals surface area contributed by atoms with E-state index in [-0.39, 0.29) is 24.0 Å². The minimum atomic E-state index is 0. The van der Waals surface area contributed by atoms with Gasteiger partial charge in [0, 0.05) is 50.8 Å². The van der Waals surface area contributed by atoms with Gasteiger partial charge in [-0.2, -0.15) is 10.2 Å². The average Bonchev–Trinajstić information content (AvgIpc) is 3.12. The second-order valence-electron chi connectivity index (χ2n) is 6.56. The molecule has 0 fully saturated rings. The number of fused-ring (bicyclic) bond motifs is 1. The summed E-state index contributed by atoms with van der Waals surface area (Å²) in [7, 11) is 3.78. The Morgan fingerprint density at radius 3 is 2.69 bits per heavy atom. The van der Waals surface area contributed by atoms with Crippen molar-refractivity contribution in [3.63, 3.8) is 0 Å². The molecule has 3 heterocycles. The largest absolute Gasteiger partial charge is 0.352 e. The SMILES string of the molecule is CCc1nc2n(n1)CC(NC(=NC)NCc1c(C)nn(C)c1C)CC2.I. The Kier molecular flexibility index (Phi) is 7.01. The summed E-state index contributed by atoms with van der Waals surface area (Å²) in [6.45, 7) is 7.76. The minimum Gasteiger partial charge on any atom is -0.352 e. The van der Waals surface area contributed by atoms with Gasteiger partial charge in [0.1, 0.15) is 5.82 Å². The van der Waals surface area contributed by atoms with E-state index in [4.69, 9.17) is 0 Å². The minimum absolute atomic E-state index is 0. The van der Waals surface area contributed by atoms with E-state index in [1.807, 2.05) is 23.3 Å². The van der Waals surface area contributed by atoms with Crippen LogP contribution in [0.25, 0.3) is 0 Å². The van der Waals surface area contributed by atoms with Gasteiger partial charge in [-0.05, 0) is 20.3 Å². The second-order valence-corrected chi connectivity index (χ2v) is 6.56. The zero-order chi connectivity index (χ0) is 18.0. The molecular formula is C17H29IN8. The standard InChI is InChI=1S/C17H28N8.HI/c1-6-15-21-16-8-7-13(10-25(16)23-15)20-17(18-4)19-9-14-11(2)22-24(5)12(14)3;/h13H,6-10H2,1-5H3,(H2,18,19,20);1H. The van der Waals surface area contributed by atoms with Gasteiger partial charge in [-0.15, -0.1) is 24.0 Å². The number of rotatable bonds is 4. The third-order valence-corrected chi connectivity index (χ3v) is 4.87. The summed E-state index contributed by atoms with van der Waals surface area (Å²) in [5, 5.41) is 16.0. The van der Waals surface area contributed by atoms with E-state index in [9.17, 15) is 0 Å². The van der Waals surface area contributed by atoms with E-state index in [0.717, 1.165) is 49.1 Å². The van der Waals surface area contributed by atoms with E-state index >= 15 is 0 Å². The Morgan fingerprint density at radius 1 is 1.31 bits per heavy atom. The monoisotopic (exact) mass is 472 g/mol. The molecule has 3 rings (SSSR count). The molecule has 1 aliphatic heterocycles. The quantitative estimate of drug-likeness (QED) is 0.400. The predicted molar refractivity (Wildman–Crippen MR) is 113 cm³/mol. The molecule has 0 spiro atoms. The fourth-order valence-corrected chi connectivity index (χ4v) is 3.26. The molecule has 0 saturated carbocycles. The zero-order valence-corrected chi connectivity index (χ0v) is 18.5. The lowest BCUT2D eigenvalue weighted by molar-refractivity contribution is 0.392. The Balaban J connectivity index is 0.00000243. The van der Waals surface area contributed by atoms with Gasteiger partial charge in [-0.1, -0.05) is 6.92 Å². The molecule has 1 aliphatic rings. The van der Waals surface area contributed by atoms with Crippen LogP contribution in [0.5, 0.6) is 0 Å². The summed E-state index contributed by atoms with van der Waals surface area (Å²) < 4.78 is 3.95. The number of halogens is 1. The van der Waals surface area contributed by atoms with Crippen LogP contribution in [-0.4, -0.2) is 43.6 Å². The van der Waals surface area contributed by atoms with Crippen LogP contribution < -0.4 is 10.6 Å². The van der Waals surface area contributed by atoms with Gasteiger partial charge in [0.2, 0.25) is 0 Å². The highest BCUT2D eigenvalue weighted by atomic mass is 127. The van der Waals surface area contributed by atoms with Crippen molar-refractivity contribution in [3.05, 3.63) is 28.6 Å². The lowest BCUT2D eigenvalue weighted by Gasteiger charge is -2.25. The normalized spacial score (nSPS) is 16.8. The van der Waals surface area contributed by atoms with E-state index < -0.39 is 0 Å². The molecule has 0 aromatic carbocycles. The fraction of sp³-hybridized carbons (Fsp3) is 0.647. The number of aromatic nitrogens is 5. The van der Waals surface area contributed by atoms with Crippen LogP contribution in [0.4, 0.5) is 0 Å². The molecule has 1 unspecified atom stereocenters. The fourth-order valence-electron chi connectivity index (χ4n) is 3.26. The van der Waals surface area contributed by atoms with Crippen molar-refractivity contribution < 1.29 is 0 Å². The molecule has 0 aliphatic carbocycles. The van der Waals surface area contributed by atoms with Gasteiger partial charge < -0.3 is 10.6 Å². The molecule has 26 heavy (non-hydrogen) atoms. The molecule has 2 aromatic rings. The summed E-state index contributed by atoms with van der Waals surface area (Å²) >= 11 is 0. The number of nitrogens with one attached hydrogen (secondary N) is 2. The van der Waals surface area contributed by atoms with Crippen molar-refractivity contribution in [2.75, 3.05) is 7.05 Å². The molecule has 0 amide bonds. The molecule has 0 saturated heterocycles. The van der Waals surface area contributed by atoms with Gasteiger partial charge in [0.25, 0.3) is 0 Å². The lowest BCUT2D eigenvalue weighted by Crippen LogP contribution is -2.46. The summed E-state index contributed by atoms with van der Waals surface area (Å²) in [4.78, 5) is 8.93. The second kappa shape index (κ2) is 8.83. The third kappa shape index (κ3) is 4.36. The van der Waals surface area contributed by atoms with Crippen LogP contribution >= 0.6 is 24.0 Å². The highest BCUT2D eigenvalue weighted by molar-refractivity contribution is 14.0. The van der Waals surface area contributed by atoms with Crippen molar-refractivity contribution >= 4 is 29.9 Å². The summed E-state index contributed by atoms with van der Waals surface area (Å²) in [6, 6.07) is 0.307. The predicted octanol–water partition coefficient (Wildman–Crippen LogP) is 1.49. The number of hydrogen-bond donors (Lipinski definition) is 2. The van der Waals surface area contributed by atoms with Gasteiger partial charge in [0.05, 0.1) is 12.2 Å². The Bertz CT molecular complexity index is 776. The van der Waals surface area contributed by atoms with Gasteiger partial charge in [-0.3, -0.25) is 9.67 Å². The van der Waals surface area contributed by atoms with Crippen LogP contribution in [0.15, 0.2) is 4.99 Å². The smallest absolute Gasteiger partial charge is 0.191 e. The first-order chi connectivity index (χ1) is 12.0. The molecule has 8 nitrogen and oxygen atoms in total. The molecule has 0 bridgehead atoms. The first-order valence-corrected chi connectivity index (χ1v) is 8.90. The lowest BCUT2D eigenvalue weighted by atomic mass is 10.1.